The fourth-order valence-electron chi connectivity index (χ4n) is 2.24. The van der Waals surface area contributed by atoms with Crippen LogP contribution in [-0.2, 0) is 19.1 Å². The van der Waals surface area contributed by atoms with Crippen molar-refractivity contribution in [1.82, 2.24) is 0 Å². The van der Waals surface area contributed by atoms with Gasteiger partial charge in [0.1, 0.15) is 0 Å². The van der Waals surface area contributed by atoms with Gasteiger partial charge >= 0.3 is 5.97 Å². The topological polar surface area (TPSA) is 103 Å². The van der Waals surface area contributed by atoms with Crippen LogP contribution >= 0.6 is 0 Å². The molecule has 0 aromatic heterocycles. The number of nitrogens with one attached hydrogen (secondary N) is 2. The molecule has 8 heteroatoms. The van der Waals surface area contributed by atoms with Gasteiger partial charge in [0.25, 0.3) is 5.91 Å². The number of methoxy groups -OCH3 is 1. The number of ether oxygens (including phenoxy) is 3. The molecule has 8 nitrogen and oxygen atoms in total. The second-order valence-electron chi connectivity index (χ2n) is 5.82. The van der Waals surface area contributed by atoms with Crippen LogP contribution in [0.2, 0.25) is 0 Å². The van der Waals surface area contributed by atoms with Gasteiger partial charge in [-0.05, 0) is 43.3 Å². The Balaban J connectivity index is 1.82. The number of amides is 2. The Kier molecular flexibility index (Phi) is 7.38. The van der Waals surface area contributed by atoms with Crippen molar-refractivity contribution in [1.29, 1.82) is 0 Å². The van der Waals surface area contributed by atoms with Crippen LogP contribution in [-0.4, -0.2) is 37.6 Å². The molecular weight excluding hydrogens is 364 g/mol. The molecule has 0 aliphatic carbocycles. The van der Waals surface area contributed by atoms with Crippen LogP contribution in [0, 0.1) is 0 Å². The predicted octanol–water partition coefficient (Wildman–Crippen LogP) is 2.60. The number of carbonyl (C=O) groups excluding carboxylic acids is 3. The number of rotatable bonds is 8. The largest absolute Gasteiger partial charge is 0.493 e. The van der Waals surface area contributed by atoms with Crippen LogP contribution in [0.4, 0.5) is 11.4 Å². The van der Waals surface area contributed by atoms with E-state index in [9.17, 15) is 14.4 Å². The Morgan fingerprint density at radius 3 is 2.07 bits per heavy atom. The third-order valence-corrected chi connectivity index (χ3v) is 3.56. The summed E-state index contributed by atoms with van der Waals surface area (Å²) >= 11 is 0. The van der Waals surface area contributed by atoms with Gasteiger partial charge in [0.05, 0.1) is 7.11 Å². The van der Waals surface area contributed by atoms with Gasteiger partial charge in [0.2, 0.25) is 5.91 Å². The van der Waals surface area contributed by atoms with E-state index in [1.54, 1.807) is 48.5 Å². The number of hydrogen-bond acceptors (Lipinski definition) is 6. The Labute approximate surface area is 162 Å². The first-order chi connectivity index (χ1) is 13.4. The molecule has 2 aromatic carbocycles. The molecule has 0 unspecified atom stereocenters. The van der Waals surface area contributed by atoms with Gasteiger partial charge in [-0.15, -0.1) is 0 Å². The summed E-state index contributed by atoms with van der Waals surface area (Å²) in [6, 6.07) is 13.4. The Morgan fingerprint density at radius 2 is 1.50 bits per heavy atom. The lowest BCUT2D eigenvalue weighted by Gasteiger charge is -2.15. The summed E-state index contributed by atoms with van der Waals surface area (Å²) in [5, 5.41) is 5.26. The number of esters is 1. The molecule has 0 spiro atoms. The van der Waals surface area contributed by atoms with Crippen LogP contribution in [0.1, 0.15) is 13.8 Å². The van der Waals surface area contributed by atoms with E-state index in [1.165, 1.54) is 21.0 Å². The summed E-state index contributed by atoms with van der Waals surface area (Å²) in [5.74, 6) is -0.470. The third kappa shape index (κ3) is 6.31. The Morgan fingerprint density at radius 1 is 0.929 bits per heavy atom. The minimum atomic E-state index is -1.01. The second-order valence-corrected chi connectivity index (χ2v) is 5.82. The first-order valence-corrected chi connectivity index (χ1v) is 8.53. The number of anilines is 2. The van der Waals surface area contributed by atoms with Crippen LogP contribution < -0.4 is 20.1 Å². The second kappa shape index (κ2) is 9.96. The van der Waals surface area contributed by atoms with Crippen molar-refractivity contribution in [2.45, 2.75) is 20.0 Å². The van der Waals surface area contributed by atoms with E-state index in [1.807, 2.05) is 0 Å². The average molecular weight is 386 g/mol. The van der Waals surface area contributed by atoms with Gasteiger partial charge in [0.15, 0.2) is 24.2 Å². The lowest BCUT2D eigenvalue weighted by Crippen LogP contribution is -2.31. The molecule has 0 radical (unpaired) electrons. The van der Waals surface area contributed by atoms with Crippen molar-refractivity contribution in [3.8, 4) is 11.5 Å². The number of benzene rings is 2. The van der Waals surface area contributed by atoms with Crippen molar-refractivity contribution >= 4 is 29.2 Å². The summed E-state index contributed by atoms with van der Waals surface area (Å²) in [4.78, 5) is 35.1. The maximum Gasteiger partial charge on any atom is 0.344 e. The van der Waals surface area contributed by atoms with Gasteiger partial charge < -0.3 is 24.8 Å². The van der Waals surface area contributed by atoms with Crippen molar-refractivity contribution < 1.29 is 28.6 Å². The summed E-state index contributed by atoms with van der Waals surface area (Å²) in [7, 11) is 1.50. The third-order valence-electron chi connectivity index (χ3n) is 3.56. The highest BCUT2D eigenvalue weighted by atomic mass is 16.6. The van der Waals surface area contributed by atoms with E-state index in [0.29, 0.717) is 22.9 Å². The Bertz CT molecular complexity index is 835. The van der Waals surface area contributed by atoms with Crippen molar-refractivity contribution in [3.05, 3.63) is 48.5 Å². The Hall–Kier alpha value is -3.55. The van der Waals surface area contributed by atoms with Gasteiger partial charge in [-0.25, -0.2) is 4.79 Å². The molecule has 2 amide bonds. The molecule has 2 N–H and O–H groups in total. The van der Waals surface area contributed by atoms with E-state index in [0.717, 1.165) is 0 Å². The number of carbonyl (C=O) groups is 3. The van der Waals surface area contributed by atoms with E-state index in [4.69, 9.17) is 14.2 Å². The maximum atomic E-state index is 12.2. The van der Waals surface area contributed by atoms with Crippen LogP contribution in [0.15, 0.2) is 48.5 Å². The van der Waals surface area contributed by atoms with Crippen molar-refractivity contribution in [3.63, 3.8) is 0 Å². The molecule has 0 heterocycles. The molecule has 2 rings (SSSR count). The van der Waals surface area contributed by atoms with Crippen LogP contribution in [0.25, 0.3) is 0 Å². The lowest BCUT2D eigenvalue weighted by atomic mass is 10.2. The van der Waals surface area contributed by atoms with E-state index >= 15 is 0 Å². The summed E-state index contributed by atoms with van der Waals surface area (Å²) in [6.07, 6.45) is -1.01. The normalized spacial score (nSPS) is 11.1. The smallest absolute Gasteiger partial charge is 0.344 e. The first-order valence-electron chi connectivity index (χ1n) is 8.53. The van der Waals surface area contributed by atoms with E-state index in [2.05, 4.69) is 10.6 Å². The van der Waals surface area contributed by atoms with Gasteiger partial charge in [-0.3, -0.25) is 9.59 Å². The summed E-state index contributed by atoms with van der Waals surface area (Å²) in [6.45, 7) is 2.51. The predicted molar refractivity (Wildman–Crippen MR) is 103 cm³/mol. The minimum Gasteiger partial charge on any atom is -0.493 e. The summed E-state index contributed by atoms with van der Waals surface area (Å²) < 4.78 is 15.6. The average Bonchev–Trinajstić information content (AvgIpc) is 2.67. The molecule has 1 atom stereocenters. The lowest BCUT2D eigenvalue weighted by molar-refractivity contribution is -0.155. The zero-order valence-electron chi connectivity index (χ0n) is 15.9. The maximum absolute atomic E-state index is 12.2. The van der Waals surface area contributed by atoms with Crippen molar-refractivity contribution in [2.75, 3.05) is 24.4 Å². The molecule has 0 aliphatic heterocycles. The molecule has 0 aliphatic rings. The highest BCUT2D eigenvalue weighted by Gasteiger charge is 2.18. The molecule has 0 saturated carbocycles. The molecule has 0 fully saturated rings. The number of para-hydroxylation sites is 2. The van der Waals surface area contributed by atoms with Crippen LogP contribution in [0.5, 0.6) is 11.5 Å². The zero-order chi connectivity index (χ0) is 20.5. The molecule has 28 heavy (non-hydrogen) atoms. The highest BCUT2D eigenvalue weighted by Crippen LogP contribution is 2.25. The quantitative estimate of drug-likeness (QED) is 0.676. The first kappa shape index (κ1) is 20.8. The SMILES string of the molecule is COc1ccccc1OCC(=O)O[C@@H](C)C(=O)Nc1ccc(NC(C)=O)cc1. The van der Waals surface area contributed by atoms with E-state index in [-0.39, 0.29) is 12.5 Å². The standard InChI is InChI=1S/C20H22N2O6/c1-13(20(25)22-16-10-8-15(9-11-16)21-14(2)23)28-19(24)12-27-18-7-5-4-6-17(18)26-3/h4-11,13H,12H2,1-3H3,(H,21,23)(H,22,25)/t13-/m0/s1. The monoisotopic (exact) mass is 386 g/mol. The molecule has 148 valence electrons. The molecule has 2 aromatic rings. The van der Waals surface area contributed by atoms with E-state index < -0.39 is 18.0 Å². The number of hydrogen-bond donors (Lipinski definition) is 2. The fourth-order valence-corrected chi connectivity index (χ4v) is 2.24. The van der Waals surface area contributed by atoms with Crippen LogP contribution in [0.3, 0.4) is 0 Å². The molecular formula is C20H22N2O6. The zero-order valence-corrected chi connectivity index (χ0v) is 15.9. The fraction of sp³-hybridized carbons (Fsp3) is 0.250. The van der Waals surface area contributed by atoms with Gasteiger partial charge in [0, 0.05) is 18.3 Å². The molecule has 0 saturated heterocycles. The highest BCUT2D eigenvalue weighted by molar-refractivity contribution is 5.95. The van der Waals surface area contributed by atoms with Gasteiger partial charge in [-0.2, -0.15) is 0 Å². The molecule has 0 bridgehead atoms. The summed E-state index contributed by atoms with van der Waals surface area (Å²) in [5.41, 5.74) is 1.12. The minimum absolute atomic E-state index is 0.187. The van der Waals surface area contributed by atoms with Crippen molar-refractivity contribution in [2.24, 2.45) is 0 Å². The van der Waals surface area contributed by atoms with Gasteiger partial charge in [-0.1, -0.05) is 12.1 Å².